The van der Waals surface area contributed by atoms with E-state index in [0.717, 1.165) is 21.2 Å². The minimum Gasteiger partial charge on any atom is -0.462 e. The van der Waals surface area contributed by atoms with Gasteiger partial charge >= 0.3 is 5.97 Å². The molecule has 84 valence electrons. The normalized spacial score (nSPS) is 10.7. The Morgan fingerprint density at radius 2 is 2.19 bits per heavy atom. The Labute approximate surface area is 102 Å². The molecule has 1 aromatic carbocycles. The highest BCUT2D eigenvalue weighted by atomic mass is 79.9. The molecule has 0 bridgehead atoms. The number of esters is 1. The summed E-state index contributed by atoms with van der Waals surface area (Å²) in [5.74, 6) is 0.501. The smallest absolute Gasteiger partial charge is 0.338 e. The van der Waals surface area contributed by atoms with Gasteiger partial charge in [-0.2, -0.15) is 0 Å². The van der Waals surface area contributed by atoms with E-state index in [1.54, 1.807) is 19.1 Å². The Kier molecular flexibility index (Phi) is 3.01. The van der Waals surface area contributed by atoms with Crippen molar-refractivity contribution >= 4 is 32.9 Å². The second kappa shape index (κ2) is 4.29. The quantitative estimate of drug-likeness (QED) is 0.789. The van der Waals surface area contributed by atoms with Crippen LogP contribution < -0.4 is 0 Å². The second-order valence-corrected chi connectivity index (χ2v) is 4.31. The van der Waals surface area contributed by atoms with Gasteiger partial charge in [-0.1, -0.05) is 0 Å². The van der Waals surface area contributed by atoms with Gasteiger partial charge in [-0.3, -0.25) is 0 Å². The summed E-state index contributed by atoms with van der Waals surface area (Å²) in [5.41, 5.74) is 1.28. The van der Waals surface area contributed by atoms with Crippen LogP contribution in [0.3, 0.4) is 0 Å². The molecule has 0 unspecified atom stereocenters. The fourth-order valence-electron chi connectivity index (χ4n) is 1.57. The van der Waals surface area contributed by atoms with Gasteiger partial charge in [-0.15, -0.1) is 0 Å². The molecule has 2 aromatic rings. The molecule has 0 fully saturated rings. The van der Waals surface area contributed by atoms with Crippen LogP contribution in [0.5, 0.6) is 0 Å². The Morgan fingerprint density at radius 1 is 1.44 bits per heavy atom. The van der Waals surface area contributed by atoms with E-state index in [1.165, 1.54) is 0 Å². The van der Waals surface area contributed by atoms with Crippen LogP contribution in [0.25, 0.3) is 11.0 Å². The third-order valence-electron chi connectivity index (χ3n) is 2.21. The molecule has 0 aliphatic carbocycles. The summed E-state index contributed by atoms with van der Waals surface area (Å²) in [7, 11) is 0. The SMILES string of the molecule is CCOC(=O)c1cc(Br)c2oc(C)cc2c1. The van der Waals surface area contributed by atoms with E-state index < -0.39 is 0 Å². The van der Waals surface area contributed by atoms with Crippen molar-refractivity contribution in [2.24, 2.45) is 0 Å². The van der Waals surface area contributed by atoms with E-state index in [-0.39, 0.29) is 5.97 Å². The molecule has 4 heteroatoms. The monoisotopic (exact) mass is 282 g/mol. The lowest BCUT2D eigenvalue weighted by Crippen LogP contribution is -2.04. The summed E-state index contributed by atoms with van der Waals surface area (Å²) in [5, 5.41) is 0.898. The number of rotatable bonds is 2. The molecule has 16 heavy (non-hydrogen) atoms. The second-order valence-electron chi connectivity index (χ2n) is 3.45. The first-order chi connectivity index (χ1) is 7.61. The molecule has 3 nitrogen and oxygen atoms in total. The van der Waals surface area contributed by atoms with E-state index in [2.05, 4.69) is 15.9 Å². The molecule has 0 aliphatic rings. The Balaban J connectivity index is 2.53. The van der Waals surface area contributed by atoms with Gasteiger partial charge in [-0.05, 0) is 48.0 Å². The lowest BCUT2D eigenvalue weighted by Gasteiger charge is -2.02. The summed E-state index contributed by atoms with van der Waals surface area (Å²) in [4.78, 5) is 11.6. The van der Waals surface area contributed by atoms with E-state index in [0.29, 0.717) is 12.2 Å². The molecule has 1 aromatic heterocycles. The summed E-state index contributed by atoms with van der Waals surface area (Å²) in [6, 6.07) is 5.38. The van der Waals surface area contributed by atoms with Gasteiger partial charge in [0.25, 0.3) is 0 Å². The van der Waals surface area contributed by atoms with Crippen molar-refractivity contribution in [2.75, 3.05) is 6.61 Å². The van der Waals surface area contributed by atoms with Crippen molar-refractivity contribution < 1.29 is 13.9 Å². The van der Waals surface area contributed by atoms with Crippen LogP contribution in [0.1, 0.15) is 23.0 Å². The molecule has 2 rings (SSSR count). The molecule has 0 N–H and O–H groups in total. The number of halogens is 1. The molecule has 0 aliphatic heterocycles. The molecule has 0 atom stereocenters. The predicted octanol–water partition coefficient (Wildman–Crippen LogP) is 3.68. The van der Waals surface area contributed by atoms with Gasteiger partial charge in [-0.25, -0.2) is 4.79 Å². The summed E-state index contributed by atoms with van der Waals surface area (Å²) in [6.07, 6.45) is 0. The molecule has 1 heterocycles. The Morgan fingerprint density at radius 3 is 2.88 bits per heavy atom. The van der Waals surface area contributed by atoms with E-state index in [9.17, 15) is 4.79 Å². The number of furan rings is 1. The van der Waals surface area contributed by atoms with Crippen molar-refractivity contribution in [1.29, 1.82) is 0 Å². The van der Waals surface area contributed by atoms with Gasteiger partial charge in [0.05, 0.1) is 16.6 Å². The topological polar surface area (TPSA) is 39.4 Å². The number of carbonyl (C=O) groups is 1. The van der Waals surface area contributed by atoms with Gasteiger partial charge in [0, 0.05) is 5.39 Å². The number of hydrogen-bond acceptors (Lipinski definition) is 3. The van der Waals surface area contributed by atoms with Crippen LogP contribution in [0.2, 0.25) is 0 Å². The molecule has 0 saturated carbocycles. The van der Waals surface area contributed by atoms with Crippen LogP contribution in [0, 0.1) is 6.92 Å². The number of fused-ring (bicyclic) bond motifs is 1. The maximum Gasteiger partial charge on any atom is 0.338 e. The fourth-order valence-corrected chi connectivity index (χ4v) is 2.13. The third kappa shape index (κ3) is 1.97. The Bertz CT molecular complexity index is 542. The first-order valence-corrected chi connectivity index (χ1v) is 5.78. The van der Waals surface area contributed by atoms with Crippen LogP contribution in [0.4, 0.5) is 0 Å². The zero-order valence-corrected chi connectivity index (χ0v) is 10.6. The Hall–Kier alpha value is -1.29. The van der Waals surface area contributed by atoms with Gasteiger partial charge < -0.3 is 9.15 Å². The maximum absolute atomic E-state index is 11.6. The first kappa shape index (κ1) is 11.2. The van der Waals surface area contributed by atoms with E-state index in [1.807, 2.05) is 13.0 Å². The van der Waals surface area contributed by atoms with Crippen molar-refractivity contribution in [3.05, 3.63) is 34.0 Å². The highest BCUT2D eigenvalue weighted by Gasteiger charge is 2.12. The van der Waals surface area contributed by atoms with Gasteiger partial charge in [0.1, 0.15) is 11.3 Å². The number of carbonyl (C=O) groups excluding carboxylic acids is 1. The summed E-state index contributed by atoms with van der Waals surface area (Å²) in [6.45, 7) is 4.03. The number of aryl methyl sites for hydroxylation is 1. The number of ether oxygens (including phenoxy) is 1. The van der Waals surface area contributed by atoms with Crippen molar-refractivity contribution in [3.63, 3.8) is 0 Å². The molecular formula is C12H11BrO3. The molecular weight excluding hydrogens is 272 g/mol. The first-order valence-electron chi connectivity index (χ1n) is 4.98. The average molecular weight is 283 g/mol. The molecule has 0 saturated heterocycles. The lowest BCUT2D eigenvalue weighted by atomic mass is 10.1. The highest BCUT2D eigenvalue weighted by molar-refractivity contribution is 9.10. The fraction of sp³-hybridized carbons (Fsp3) is 0.250. The number of hydrogen-bond donors (Lipinski definition) is 0. The zero-order valence-electron chi connectivity index (χ0n) is 9.04. The van der Waals surface area contributed by atoms with Crippen LogP contribution in [-0.2, 0) is 4.74 Å². The predicted molar refractivity (Wildman–Crippen MR) is 64.6 cm³/mol. The minimum atomic E-state index is -0.316. The van der Waals surface area contributed by atoms with Crippen LogP contribution in [0.15, 0.2) is 27.1 Å². The van der Waals surface area contributed by atoms with Crippen LogP contribution >= 0.6 is 15.9 Å². The molecule has 0 spiro atoms. The molecule has 0 radical (unpaired) electrons. The minimum absolute atomic E-state index is 0.316. The maximum atomic E-state index is 11.6. The largest absolute Gasteiger partial charge is 0.462 e. The number of benzene rings is 1. The van der Waals surface area contributed by atoms with Crippen molar-refractivity contribution in [3.8, 4) is 0 Å². The van der Waals surface area contributed by atoms with Gasteiger partial charge in [0.15, 0.2) is 0 Å². The van der Waals surface area contributed by atoms with E-state index in [4.69, 9.17) is 9.15 Å². The standard InChI is InChI=1S/C12H11BrO3/c1-3-15-12(14)9-5-8-4-7(2)16-11(8)10(13)6-9/h4-6H,3H2,1-2H3. The lowest BCUT2D eigenvalue weighted by molar-refractivity contribution is 0.0526. The molecule has 0 amide bonds. The van der Waals surface area contributed by atoms with Crippen molar-refractivity contribution in [1.82, 2.24) is 0 Å². The van der Waals surface area contributed by atoms with E-state index >= 15 is 0 Å². The van der Waals surface area contributed by atoms with Gasteiger partial charge in [0.2, 0.25) is 0 Å². The van der Waals surface area contributed by atoms with Crippen molar-refractivity contribution in [2.45, 2.75) is 13.8 Å². The highest BCUT2D eigenvalue weighted by Crippen LogP contribution is 2.28. The third-order valence-corrected chi connectivity index (χ3v) is 2.79. The average Bonchev–Trinajstić information content (AvgIpc) is 2.59. The summed E-state index contributed by atoms with van der Waals surface area (Å²) >= 11 is 3.38. The van der Waals surface area contributed by atoms with Crippen LogP contribution in [-0.4, -0.2) is 12.6 Å². The zero-order chi connectivity index (χ0) is 11.7. The summed E-state index contributed by atoms with van der Waals surface area (Å²) < 4.78 is 11.2.